The normalized spacial score (nSPS) is 14.5. The molecule has 4 atom stereocenters. The Balaban J connectivity index is 3.30. The van der Waals surface area contributed by atoms with Crippen molar-refractivity contribution in [3.63, 3.8) is 0 Å². The third kappa shape index (κ3) is 8.68. The van der Waals surface area contributed by atoms with E-state index in [9.17, 15) is 24.3 Å². The molecule has 0 aliphatic rings. The van der Waals surface area contributed by atoms with Crippen LogP contribution in [0.4, 0.5) is 0 Å². The van der Waals surface area contributed by atoms with Crippen LogP contribution in [0.25, 0.3) is 0 Å². The number of nitrogens with zero attached hydrogens (tertiary/aromatic N) is 1. The molecule has 0 spiro atoms. The largest absolute Gasteiger partial charge is 0.508 e. The SMILES string of the molecule is CC[C@@H](C)[C@H](NC(C)=O)C(=O)N(C)[C@@H](Cc1ccc(O)cc1)C(=O)N[C@@H](CC(C)C)C(=O)OC. The van der Waals surface area contributed by atoms with Crippen molar-refractivity contribution in [2.45, 2.75) is 72.0 Å². The number of benzene rings is 1. The van der Waals surface area contributed by atoms with Crippen LogP contribution in [-0.2, 0) is 30.3 Å². The second-order valence-corrected chi connectivity index (χ2v) is 9.11. The van der Waals surface area contributed by atoms with Crippen LogP contribution in [0, 0.1) is 11.8 Å². The highest BCUT2D eigenvalue weighted by Gasteiger charge is 2.35. The number of esters is 1. The van der Waals surface area contributed by atoms with E-state index in [-0.39, 0.29) is 29.9 Å². The number of carbonyl (C=O) groups is 4. The van der Waals surface area contributed by atoms with Gasteiger partial charge in [-0.3, -0.25) is 14.4 Å². The molecular weight excluding hydrogens is 438 g/mol. The maximum atomic E-state index is 13.4. The zero-order valence-corrected chi connectivity index (χ0v) is 21.3. The molecule has 0 bridgehead atoms. The molecule has 9 heteroatoms. The Morgan fingerprint density at radius 2 is 1.65 bits per heavy atom. The van der Waals surface area contributed by atoms with Gasteiger partial charge < -0.3 is 25.4 Å². The number of phenolic OH excluding ortho intramolecular Hbond substituents is 1. The second kappa shape index (κ2) is 13.6. The molecule has 0 saturated heterocycles. The summed E-state index contributed by atoms with van der Waals surface area (Å²) in [5.74, 6) is -1.76. The van der Waals surface area contributed by atoms with Crippen LogP contribution in [0.3, 0.4) is 0 Å². The van der Waals surface area contributed by atoms with Crippen LogP contribution in [0.2, 0.25) is 0 Å². The number of aromatic hydroxyl groups is 1. The van der Waals surface area contributed by atoms with Gasteiger partial charge in [0, 0.05) is 20.4 Å². The minimum atomic E-state index is -0.961. The van der Waals surface area contributed by atoms with Gasteiger partial charge in [-0.15, -0.1) is 0 Å². The molecule has 3 N–H and O–H groups in total. The van der Waals surface area contributed by atoms with E-state index in [2.05, 4.69) is 10.6 Å². The standard InChI is InChI=1S/C25H39N3O6/c1-8-16(4)22(26-17(5)29)24(32)28(6)21(14-18-9-11-19(30)12-10-18)23(31)27-20(13-15(2)3)25(33)34-7/h9-12,15-16,20-22,30H,8,13-14H2,1-7H3,(H,26,29)(H,27,31)/t16-,20+,21+,22+/m1/s1. The van der Waals surface area contributed by atoms with Crippen molar-refractivity contribution in [3.05, 3.63) is 29.8 Å². The lowest BCUT2D eigenvalue weighted by Crippen LogP contribution is -2.58. The predicted octanol–water partition coefficient (Wildman–Crippen LogP) is 2.02. The number of carbonyl (C=O) groups excluding carboxylic acids is 4. The highest BCUT2D eigenvalue weighted by atomic mass is 16.5. The van der Waals surface area contributed by atoms with E-state index < -0.39 is 35.9 Å². The molecule has 190 valence electrons. The predicted molar refractivity (Wildman–Crippen MR) is 129 cm³/mol. The minimum Gasteiger partial charge on any atom is -0.508 e. The number of hydrogen-bond acceptors (Lipinski definition) is 6. The fourth-order valence-electron chi connectivity index (χ4n) is 3.63. The molecule has 0 saturated carbocycles. The highest BCUT2D eigenvalue weighted by Crippen LogP contribution is 2.17. The fourth-order valence-corrected chi connectivity index (χ4v) is 3.63. The van der Waals surface area contributed by atoms with E-state index in [1.165, 1.54) is 38.1 Å². The molecule has 34 heavy (non-hydrogen) atoms. The number of ether oxygens (including phenoxy) is 1. The van der Waals surface area contributed by atoms with Gasteiger partial charge >= 0.3 is 5.97 Å². The van der Waals surface area contributed by atoms with E-state index in [0.717, 1.165) is 5.56 Å². The van der Waals surface area contributed by atoms with Crippen molar-refractivity contribution in [1.82, 2.24) is 15.5 Å². The molecule has 0 fully saturated rings. The number of hydrogen-bond donors (Lipinski definition) is 3. The smallest absolute Gasteiger partial charge is 0.328 e. The first kappa shape index (κ1) is 28.9. The number of likely N-dealkylation sites (N-methyl/N-ethyl adjacent to an activating group) is 1. The quantitative estimate of drug-likeness (QED) is 0.396. The van der Waals surface area contributed by atoms with Crippen LogP contribution >= 0.6 is 0 Å². The first-order valence-electron chi connectivity index (χ1n) is 11.6. The lowest BCUT2D eigenvalue weighted by molar-refractivity contribution is -0.147. The zero-order valence-electron chi connectivity index (χ0n) is 21.3. The second-order valence-electron chi connectivity index (χ2n) is 9.11. The maximum absolute atomic E-state index is 13.4. The number of amides is 3. The summed E-state index contributed by atoms with van der Waals surface area (Å²) in [4.78, 5) is 52.2. The van der Waals surface area contributed by atoms with E-state index >= 15 is 0 Å². The summed E-state index contributed by atoms with van der Waals surface area (Å²) < 4.78 is 4.85. The Morgan fingerprint density at radius 1 is 1.06 bits per heavy atom. The summed E-state index contributed by atoms with van der Waals surface area (Å²) in [6.07, 6.45) is 1.18. The van der Waals surface area contributed by atoms with Gasteiger partial charge in [-0.2, -0.15) is 0 Å². The average molecular weight is 478 g/mol. The Hall–Kier alpha value is -3.10. The molecule has 0 heterocycles. The average Bonchev–Trinajstić information content (AvgIpc) is 2.79. The Morgan fingerprint density at radius 3 is 2.12 bits per heavy atom. The van der Waals surface area contributed by atoms with Crippen molar-refractivity contribution in [1.29, 1.82) is 0 Å². The monoisotopic (exact) mass is 477 g/mol. The van der Waals surface area contributed by atoms with Gasteiger partial charge in [0.05, 0.1) is 7.11 Å². The highest BCUT2D eigenvalue weighted by molar-refractivity contribution is 5.93. The summed E-state index contributed by atoms with van der Waals surface area (Å²) in [5, 5.41) is 15.0. The molecule has 0 aliphatic heterocycles. The van der Waals surface area contributed by atoms with Gasteiger partial charge in [0.1, 0.15) is 23.9 Å². The number of nitrogens with one attached hydrogen (secondary N) is 2. The van der Waals surface area contributed by atoms with Crippen molar-refractivity contribution in [3.8, 4) is 5.75 Å². The Bertz CT molecular complexity index is 840. The summed E-state index contributed by atoms with van der Waals surface area (Å²) in [7, 11) is 2.77. The van der Waals surface area contributed by atoms with Crippen molar-refractivity contribution >= 4 is 23.7 Å². The number of phenols is 1. The third-order valence-electron chi connectivity index (χ3n) is 5.83. The molecule has 1 aromatic carbocycles. The molecule has 0 unspecified atom stereocenters. The molecule has 0 aliphatic carbocycles. The van der Waals surface area contributed by atoms with Gasteiger partial charge in [-0.1, -0.05) is 46.2 Å². The van der Waals surface area contributed by atoms with Crippen molar-refractivity contribution in [2.24, 2.45) is 11.8 Å². The summed E-state index contributed by atoms with van der Waals surface area (Å²) in [6, 6.07) is 3.72. The van der Waals surface area contributed by atoms with E-state index in [0.29, 0.717) is 12.8 Å². The summed E-state index contributed by atoms with van der Waals surface area (Å²) in [6.45, 7) is 8.97. The number of rotatable bonds is 12. The summed E-state index contributed by atoms with van der Waals surface area (Å²) in [5.41, 5.74) is 0.718. The van der Waals surface area contributed by atoms with Crippen LogP contribution in [-0.4, -0.2) is 66.0 Å². The minimum absolute atomic E-state index is 0.0827. The van der Waals surface area contributed by atoms with E-state index in [1.54, 1.807) is 12.1 Å². The molecule has 1 aromatic rings. The molecule has 3 amide bonds. The topological polar surface area (TPSA) is 125 Å². The maximum Gasteiger partial charge on any atom is 0.328 e. The lowest BCUT2D eigenvalue weighted by atomic mass is 9.96. The molecular formula is C25H39N3O6. The van der Waals surface area contributed by atoms with Crippen molar-refractivity contribution < 1.29 is 29.0 Å². The van der Waals surface area contributed by atoms with Crippen LogP contribution in [0.5, 0.6) is 5.75 Å². The lowest BCUT2D eigenvalue weighted by Gasteiger charge is -2.33. The van der Waals surface area contributed by atoms with Gasteiger partial charge in [0.25, 0.3) is 0 Å². The molecule has 1 rings (SSSR count). The van der Waals surface area contributed by atoms with Crippen LogP contribution < -0.4 is 10.6 Å². The Kier molecular flexibility index (Phi) is 11.5. The van der Waals surface area contributed by atoms with Gasteiger partial charge in [0.2, 0.25) is 17.7 Å². The molecule has 9 nitrogen and oxygen atoms in total. The summed E-state index contributed by atoms with van der Waals surface area (Å²) >= 11 is 0. The van der Waals surface area contributed by atoms with Crippen molar-refractivity contribution in [2.75, 3.05) is 14.2 Å². The molecule has 0 aromatic heterocycles. The van der Waals surface area contributed by atoms with Gasteiger partial charge in [-0.25, -0.2) is 4.79 Å². The van der Waals surface area contributed by atoms with Gasteiger partial charge in [-0.05, 0) is 36.0 Å². The Labute approximate surface area is 202 Å². The fraction of sp³-hybridized carbons (Fsp3) is 0.600. The van der Waals surface area contributed by atoms with E-state index in [1.807, 2.05) is 27.7 Å². The third-order valence-corrected chi connectivity index (χ3v) is 5.83. The van der Waals surface area contributed by atoms with E-state index in [4.69, 9.17) is 4.74 Å². The number of methoxy groups -OCH3 is 1. The van der Waals surface area contributed by atoms with Crippen LogP contribution in [0.1, 0.15) is 53.0 Å². The van der Waals surface area contributed by atoms with Crippen LogP contribution in [0.15, 0.2) is 24.3 Å². The van der Waals surface area contributed by atoms with Gasteiger partial charge in [0.15, 0.2) is 0 Å². The zero-order chi connectivity index (χ0) is 26.0. The molecule has 0 radical (unpaired) electrons. The first-order valence-corrected chi connectivity index (χ1v) is 11.6. The first-order chi connectivity index (χ1) is 15.9.